The molecule has 1 aromatic rings. The lowest BCUT2D eigenvalue weighted by atomic mass is 10.1. The van der Waals surface area contributed by atoms with Crippen LogP contribution < -0.4 is 4.90 Å². The van der Waals surface area contributed by atoms with Crippen molar-refractivity contribution in [2.24, 2.45) is 0 Å². The minimum atomic E-state index is -1.16. The van der Waals surface area contributed by atoms with Gasteiger partial charge in [0.2, 0.25) is 0 Å². The molecule has 7 heteroatoms. The van der Waals surface area contributed by atoms with Crippen LogP contribution >= 0.6 is 0 Å². The van der Waals surface area contributed by atoms with Crippen molar-refractivity contribution in [2.45, 2.75) is 18.9 Å². The van der Waals surface area contributed by atoms with Crippen molar-refractivity contribution in [3.63, 3.8) is 0 Å². The number of hydrogen-bond acceptors (Lipinski definition) is 5. The van der Waals surface area contributed by atoms with Gasteiger partial charge in [-0.2, -0.15) is 0 Å². The molecule has 1 aliphatic rings. The van der Waals surface area contributed by atoms with Crippen molar-refractivity contribution in [3.8, 4) is 0 Å². The summed E-state index contributed by atoms with van der Waals surface area (Å²) >= 11 is 0. The van der Waals surface area contributed by atoms with E-state index in [4.69, 9.17) is 4.74 Å². The highest BCUT2D eigenvalue weighted by atomic mass is 16.6. The predicted molar refractivity (Wildman–Crippen MR) is 72.3 cm³/mol. The first-order valence-corrected chi connectivity index (χ1v) is 6.32. The summed E-state index contributed by atoms with van der Waals surface area (Å²) in [6.07, 6.45) is 2.00. The number of carboxylic acids is 1. The molecule has 0 spiro atoms. The molecule has 1 aromatic carbocycles. The maximum absolute atomic E-state index is 11.3. The van der Waals surface area contributed by atoms with E-state index in [1.807, 2.05) is 4.90 Å². The normalized spacial score (nSPS) is 14.1. The van der Waals surface area contributed by atoms with Crippen molar-refractivity contribution < 1.29 is 19.6 Å². The smallest absolute Gasteiger partial charge is 0.338 e. The van der Waals surface area contributed by atoms with Crippen LogP contribution in [0.4, 0.5) is 11.4 Å². The fourth-order valence-corrected chi connectivity index (χ4v) is 2.13. The van der Waals surface area contributed by atoms with Gasteiger partial charge in [-0.25, -0.2) is 4.79 Å². The number of methoxy groups -OCH3 is 1. The highest BCUT2D eigenvalue weighted by Gasteiger charge is 2.31. The highest BCUT2D eigenvalue weighted by Crippen LogP contribution is 2.34. The first-order valence-electron chi connectivity index (χ1n) is 6.32. The Bertz CT molecular complexity index is 527. The molecule has 1 fully saturated rings. The van der Waals surface area contributed by atoms with E-state index in [1.165, 1.54) is 12.1 Å². The average Bonchev–Trinajstić information content (AvgIpc) is 3.23. The van der Waals surface area contributed by atoms with E-state index in [-0.39, 0.29) is 11.3 Å². The molecular formula is C13H16N2O5. The molecule has 0 saturated heterocycles. The minimum absolute atomic E-state index is 0.0396. The maximum atomic E-state index is 11.3. The van der Waals surface area contributed by atoms with Gasteiger partial charge >= 0.3 is 5.97 Å². The molecule has 7 nitrogen and oxygen atoms in total. The average molecular weight is 280 g/mol. The monoisotopic (exact) mass is 280 g/mol. The first kappa shape index (κ1) is 14.3. The molecule has 1 aliphatic carbocycles. The van der Waals surface area contributed by atoms with E-state index in [0.29, 0.717) is 24.9 Å². The van der Waals surface area contributed by atoms with E-state index < -0.39 is 10.9 Å². The largest absolute Gasteiger partial charge is 0.478 e. The molecule has 0 unspecified atom stereocenters. The summed E-state index contributed by atoms with van der Waals surface area (Å²) in [6.45, 7) is 1.05. The summed E-state index contributed by atoms with van der Waals surface area (Å²) < 4.78 is 5.04. The number of anilines is 1. The summed E-state index contributed by atoms with van der Waals surface area (Å²) in [5, 5.41) is 20.0. The summed E-state index contributed by atoms with van der Waals surface area (Å²) in [4.78, 5) is 23.5. The number of carbonyl (C=O) groups is 1. The lowest BCUT2D eigenvalue weighted by Crippen LogP contribution is -2.30. The van der Waals surface area contributed by atoms with E-state index >= 15 is 0 Å². The van der Waals surface area contributed by atoms with Crippen LogP contribution in [-0.4, -0.2) is 42.3 Å². The second-order valence-corrected chi connectivity index (χ2v) is 4.68. The van der Waals surface area contributed by atoms with Crippen LogP contribution in [0.1, 0.15) is 23.2 Å². The van der Waals surface area contributed by atoms with E-state index in [1.54, 1.807) is 7.11 Å². The Labute approximate surface area is 115 Å². The Morgan fingerprint density at radius 2 is 2.25 bits per heavy atom. The third-order valence-corrected chi connectivity index (χ3v) is 3.25. The number of non-ortho nitro benzene ring substituents is 1. The number of rotatable bonds is 7. The van der Waals surface area contributed by atoms with Crippen molar-refractivity contribution >= 4 is 17.3 Å². The van der Waals surface area contributed by atoms with Gasteiger partial charge in [-0.15, -0.1) is 0 Å². The summed E-state index contributed by atoms with van der Waals surface area (Å²) in [5.41, 5.74) is 0.262. The number of nitro groups is 1. The van der Waals surface area contributed by atoms with Crippen molar-refractivity contribution in [1.29, 1.82) is 0 Å². The molecule has 20 heavy (non-hydrogen) atoms. The van der Waals surface area contributed by atoms with Gasteiger partial charge in [0.05, 0.1) is 22.8 Å². The Hall–Kier alpha value is -2.15. The van der Waals surface area contributed by atoms with Gasteiger partial charge in [0, 0.05) is 31.8 Å². The van der Waals surface area contributed by atoms with Gasteiger partial charge in [-0.05, 0) is 18.9 Å². The van der Waals surface area contributed by atoms with Crippen LogP contribution in [0.3, 0.4) is 0 Å². The van der Waals surface area contributed by atoms with Gasteiger partial charge in [0.15, 0.2) is 0 Å². The molecule has 0 aromatic heterocycles. The third kappa shape index (κ3) is 3.05. The molecule has 2 rings (SSSR count). The second kappa shape index (κ2) is 5.87. The van der Waals surface area contributed by atoms with Crippen LogP contribution in [0.25, 0.3) is 0 Å². The van der Waals surface area contributed by atoms with Crippen molar-refractivity contribution in [2.75, 3.05) is 25.2 Å². The van der Waals surface area contributed by atoms with Crippen LogP contribution in [0, 0.1) is 10.1 Å². The Morgan fingerprint density at radius 1 is 1.55 bits per heavy atom. The fraction of sp³-hybridized carbons (Fsp3) is 0.462. The topological polar surface area (TPSA) is 92.9 Å². The third-order valence-electron chi connectivity index (χ3n) is 3.25. The summed E-state index contributed by atoms with van der Waals surface area (Å²) in [6, 6.07) is 4.25. The predicted octanol–water partition coefficient (Wildman–Crippen LogP) is 1.91. The Balaban J connectivity index is 2.37. The second-order valence-electron chi connectivity index (χ2n) is 4.68. The minimum Gasteiger partial charge on any atom is -0.478 e. The highest BCUT2D eigenvalue weighted by molar-refractivity contribution is 5.95. The molecule has 0 bridgehead atoms. The number of ether oxygens (including phenoxy) is 1. The molecule has 0 radical (unpaired) electrons. The maximum Gasteiger partial charge on any atom is 0.338 e. The fourth-order valence-electron chi connectivity index (χ4n) is 2.13. The lowest BCUT2D eigenvalue weighted by Gasteiger charge is -2.25. The van der Waals surface area contributed by atoms with Gasteiger partial charge in [0.1, 0.15) is 0 Å². The van der Waals surface area contributed by atoms with Crippen molar-refractivity contribution in [3.05, 3.63) is 33.9 Å². The molecule has 1 saturated carbocycles. The van der Waals surface area contributed by atoms with Gasteiger partial charge in [0.25, 0.3) is 5.69 Å². The molecular weight excluding hydrogens is 264 g/mol. The molecule has 0 atom stereocenters. The standard InChI is InChI=1S/C13H16N2O5/c1-20-7-6-14(9-2-3-9)12-5-4-10(15(18)19)8-11(12)13(16)17/h4-5,8-9H,2-3,6-7H2,1H3,(H,16,17). The first-order chi connectivity index (χ1) is 9.54. The molecule has 0 heterocycles. The SMILES string of the molecule is COCCN(c1ccc([N+](=O)[O-])cc1C(=O)O)C1CC1. The van der Waals surface area contributed by atoms with E-state index in [0.717, 1.165) is 18.9 Å². The number of nitrogens with zero attached hydrogens (tertiary/aromatic N) is 2. The zero-order chi connectivity index (χ0) is 14.7. The molecule has 1 N–H and O–H groups in total. The zero-order valence-electron chi connectivity index (χ0n) is 11.1. The zero-order valence-corrected chi connectivity index (χ0v) is 11.1. The van der Waals surface area contributed by atoms with Crippen LogP contribution in [0.5, 0.6) is 0 Å². The quantitative estimate of drug-likeness (QED) is 0.605. The van der Waals surface area contributed by atoms with Crippen LogP contribution in [-0.2, 0) is 4.74 Å². The van der Waals surface area contributed by atoms with Gasteiger partial charge < -0.3 is 14.7 Å². The summed E-state index contributed by atoms with van der Waals surface area (Å²) in [5.74, 6) is -1.16. The van der Waals surface area contributed by atoms with Crippen LogP contribution in [0.15, 0.2) is 18.2 Å². The number of carboxylic acid groups (broad SMARTS) is 1. The van der Waals surface area contributed by atoms with Gasteiger partial charge in [-0.1, -0.05) is 0 Å². The van der Waals surface area contributed by atoms with Crippen molar-refractivity contribution in [1.82, 2.24) is 0 Å². The van der Waals surface area contributed by atoms with Crippen LogP contribution in [0.2, 0.25) is 0 Å². The molecule has 0 aliphatic heterocycles. The summed E-state index contributed by atoms with van der Waals surface area (Å²) in [7, 11) is 1.58. The van der Waals surface area contributed by atoms with E-state index in [9.17, 15) is 20.0 Å². The van der Waals surface area contributed by atoms with E-state index in [2.05, 4.69) is 0 Å². The van der Waals surface area contributed by atoms with Gasteiger partial charge in [-0.3, -0.25) is 10.1 Å². The Kier molecular flexibility index (Phi) is 4.19. The number of benzene rings is 1. The Morgan fingerprint density at radius 3 is 2.75 bits per heavy atom. The number of nitro benzene ring substituents is 1. The lowest BCUT2D eigenvalue weighted by molar-refractivity contribution is -0.384. The molecule has 108 valence electrons. The number of aromatic carboxylic acids is 1. The molecule has 0 amide bonds. The number of hydrogen-bond donors (Lipinski definition) is 1.